The van der Waals surface area contributed by atoms with Gasteiger partial charge < -0.3 is 9.84 Å². The Labute approximate surface area is 157 Å². The van der Waals surface area contributed by atoms with E-state index in [0.29, 0.717) is 28.8 Å². The van der Waals surface area contributed by atoms with Gasteiger partial charge in [-0.1, -0.05) is 22.8 Å². The summed E-state index contributed by atoms with van der Waals surface area (Å²) in [5.74, 6) is -0.0671. The first-order valence-corrected chi connectivity index (χ1v) is 8.28. The molecule has 0 aliphatic rings. The molecule has 1 amide bonds. The Morgan fingerprint density at radius 1 is 1.30 bits per heavy atom. The predicted molar refractivity (Wildman–Crippen MR) is 93.6 cm³/mol. The number of hydrogen-bond donors (Lipinski definition) is 1. The highest BCUT2D eigenvalue weighted by Crippen LogP contribution is 2.22. The highest BCUT2D eigenvalue weighted by Gasteiger charge is 2.18. The highest BCUT2D eigenvalue weighted by atomic mass is 35.5. The molecule has 0 saturated carbocycles. The zero-order chi connectivity index (χ0) is 19.0. The third kappa shape index (κ3) is 3.13. The number of fused-ring (bicyclic) bond motifs is 1. The molecular weight excluding hydrogens is 375 g/mol. The molecule has 0 radical (unpaired) electrons. The van der Waals surface area contributed by atoms with Crippen LogP contribution in [0.4, 0.5) is 4.39 Å². The summed E-state index contributed by atoms with van der Waals surface area (Å²) >= 11 is 5.91. The van der Waals surface area contributed by atoms with E-state index in [0.717, 1.165) is 0 Å². The average Bonchev–Trinajstić information content (AvgIpc) is 3.26. The second-order valence-electron chi connectivity index (χ2n) is 5.66. The fourth-order valence-corrected chi connectivity index (χ4v) is 2.87. The Balaban J connectivity index is 1.61. The maximum atomic E-state index is 13.9. The maximum Gasteiger partial charge on any atom is 0.261 e. The van der Waals surface area contributed by atoms with Gasteiger partial charge in [0.2, 0.25) is 0 Å². The minimum atomic E-state index is -0.694. The molecule has 0 atom stereocenters. The average molecular weight is 387 g/mol. The van der Waals surface area contributed by atoms with E-state index in [9.17, 15) is 9.18 Å². The molecule has 0 aliphatic heterocycles. The zero-order valence-electron chi connectivity index (χ0n) is 14.0. The Morgan fingerprint density at radius 3 is 2.89 bits per heavy atom. The summed E-state index contributed by atoms with van der Waals surface area (Å²) in [5, 5.41) is 14.6. The van der Waals surface area contributed by atoms with Gasteiger partial charge in [0.05, 0.1) is 22.7 Å². The van der Waals surface area contributed by atoms with E-state index in [1.807, 2.05) is 0 Å². The largest absolute Gasteiger partial charge is 0.345 e. The van der Waals surface area contributed by atoms with Crippen molar-refractivity contribution in [2.45, 2.75) is 13.5 Å². The van der Waals surface area contributed by atoms with Crippen LogP contribution in [0.3, 0.4) is 0 Å². The number of halogens is 2. The Bertz CT molecular complexity index is 1140. The third-order valence-corrected chi connectivity index (χ3v) is 4.18. The van der Waals surface area contributed by atoms with Gasteiger partial charge in [-0.15, -0.1) is 10.2 Å². The van der Waals surface area contributed by atoms with Gasteiger partial charge in [-0.2, -0.15) is 4.98 Å². The van der Waals surface area contributed by atoms with Crippen LogP contribution < -0.4 is 5.32 Å². The van der Waals surface area contributed by atoms with E-state index >= 15 is 0 Å². The molecule has 3 aromatic heterocycles. The van der Waals surface area contributed by atoms with Crippen LogP contribution in [0.2, 0.25) is 5.02 Å². The second-order valence-corrected chi connectivity index (χ2v) is 6.06. The van der Waals surface area contributed by atoms with E-state index in [-0.39, 0.29) is 17.1 Å². The number of hydrogen-bond acceptors (Lipinski definition) is 6. The topological polar surface area (TPSA) is 98.2 Å². The lowest BCUT2D eigenvalue weighted by atomic mass is 10.2. The Kier molecular flexibility index (Phi) is 4.28. The molecule has 136 valence electrons. The quantitative estimate of drug-likeness (QED) is 0.579. The van der Waals surface area contributed by atoms with Crippen molar-refractivity contribution in [1.29, 1.82) is 0 Å². The van der Waals surface area contributed by atoms with Crippen LogP contribution >= 0.6 is 11.6 Å². The molecule has 0 unspecified atom stereocenters. The van der Waals surface area contributed by atoms with E-state index in [2.05, 4.69) is 25.7 Å². The Hall–Kier alpha value is -3.33. The number of nitrogens with zero attached hydrogens (tertiary/aromatic N) is 5. The van der Waals surface area contributed by atoms with Gasteiger partial charge >= 0.3 is 0 Å². The molecule has 0 fully saturated rings. The molecule has 0 spiro atoms. The summed E-state index contributed by atoms with van der Waals surface area (Å²) in [6.07, 6.45) is 1.74. The van der Waals surface area contributed by atoms with Gasteiger partial charge in [-0.3, -0.25) is 9.20 Å². The summed E-state index contributed by atoms with van der Waals surface area (Å²) in [4.78, 5) is 16.5. The zero-order valence-corrected chi connectivity index (χ0v) is 14.7. The maximum absolute atomic E-state index is 13.9. The number of aromatic nitrogens is 5. The van der Waals surface area contributed by atoms with Crippen molar-refractivity contribution in [2.75, 3.05) is 0 Å². The van der Waals surface area contributed by atoms with Crippen LogP contribution in [0.15, 0.2) is 41.1 Å². The monoisotopic (exact) mass is 386 g/mol. The normalized spacial score (nSPS) is 11.1. The molecule has 3 heterocycles. The van der Waals surface area contributed by atoms with Crippen molar-refractivity contribution in [3.05, 3.63) is 64.6 Å². The van der Waals surface area contributed by atoms with Crippen LogP contribution in [0.5, 0.6) is 0 Å². The molecule has 27 heavy (non-hydrogen) atoms. The number of benzene rings is 1. The molecular formula is C17H12ClFN6O2. The van der Waals surface area contributed by atoms with Gasteiger partial charge in [-0.05, 0) is 31.2 Å². The van der Waals surface area contributed by atoms with Crippen molar-refractivity contribution in [3.8, 4) is 11.5 Å². The number of carbonyl (C=O) groups is 1. The molecule has 1 aromatic carbocycles. The summed E-state index contributed by atoms with van der Waals surface area (Å²) in [5.41, 5.74) is 0.893. The fourth-order valence-electron chi connectivity index (χ4n) is 2.62. The first-order valence-electron chi connectivity index (χ1n) is 7.90. The van der Waals surface area contributed by atoms with Gasteiger partial charge in [0.1, 0.15) is 5.82 Å². The SMILES string of the molecule is Cc1noc(-c2cccn3c(CNC(=O)c4c(F)cccc4Cl)nnc23)n1. The molecule has 0 saturated heterocycles. The summed E-state index contributed by atoms with van der Waals surface area (Å²) < 4.78 is 20.7. The molecule has 0 bridgehead atoms. The first kappa shape index (κ1) is 17.1. The van der Waals surface area contributed by atoms with Crippen LogP contribution in [-0.4, -0.2) is 30.6 Å². The van der Waals surface area contributed by atoms with Crippen LogP contribution in [0, 0.1) is 12.7 Å². The molecule has 10 heteroatoms. The van der Waals surface area contributed by atoms with Crippen molar-refractivity contribution < 1.29 is 13.7 Å². The van der Waals surface area contributed by atoms with Crippen molar-refractivity contribution >= 4 is 23.2 Å². The van der Waals surface area contributed by atoms with Crippen LogP contribution in [0.1, 0.15) is 22.0 Å². The smallest absolute Gasteiger partial charge is 0.261 e. The number of aryl methyl sites for hydroxylation is 1. The first-order chi connectivity index (χ1) is 13.0. The minimum absolute atomic E-state index is 0.0248. The van der Waals surface area contributed by atoms with Gasteiger partial charge in [-0.25, -0.2) is 4.39 Å². The van der Waals surface area contributed by atoms with Gasteiger partial charge in [0, 0.05) is 6.20 Å². The summed E-state index contributed by atoms with van der Waals surface area (Å²) in [6.45, 7) is 1.74. The lowest BCUT2D eigenvalue weighted by molar-refractivity contribution is 0.0946. The standard InChI is InChI=1S/C17H12ClFN6O2/c1-9-21-17(27-24-9)10-4-3-7-25-13(22-23-15(10)25)8-20-16(26)14-11(18)5-2-6-12(14)19/h2-7H,8H2,1H3,(H,20,26). The van der Waals surface area contributed by atoms with Crippen molar-refractivity contribution in [3.63, 3.8) is 0 Å². The van der Waals surface area contributed by atoms with E-state index < -0.39 is 11.7 Å². The van der Waals surface area contributed by atoms with E-state index in [4.69, 9.17) is 16.1 Å². The van der Waals surface area contributed by atoms with Gasteiger partial charge in [0.25, 0.3) is 11.8 Å². The predicted octanol–water partition coefficient (Wildman–Crippen LogP) is 2.81. The molecule has 8 nitrogen and oxygen atoms in total. The second kappa shape index (κ2) is 6.76. The van der Waals surface area contributed by atoms with E-state index in [1.54, 1.807) is 29.7 Å². The van der Waals surface area contributed by atoms with Crippen molar-refractivity contribution in [1.82, 2.24) is 30.1 Å². The van der Waals surface area contributed by atoms with Crippen LogP contribution in [0.25, 0.3) is 17.1 Å². The summed E-state index contributed by atoms with van der Waals surface area (Å²) in [7, 11) is 0. The van der Waals surface area contributed by atoms with E-state index in [1.165, 1.54) is 18.2 Å². The van der Waals surface area contributed by atoms with Crippen LogP contribution in [-0.2, 0) is 6.54 Å². The Morgan fingerprint density at radius 2 is 2.15 bits per heavy atom. The fraction of sp³-hybridized carbons (Fsp3) is 0.118. The lowest BCUT2D eigenvalue weighted by Crippen LogP contribution is -2.25. The third-order valence-electron chi connectivity index (χ3n) is 3.86. The highest BCUT2D eigenvalue weighted by molar-refractivity contribution is 6.33. The number of nitrogens with one attached hydrogen (secondary N) is 1. The molecule has 1 N–H and O–H groups in total. The number of amides is 1. The molecule has 0 aliphatic carbocycles. The molecule has 4 aromatic rings. The summed E-state index contributed by atoms with van der Waals surface area (Å²) in [6, 6.07) is 7.60. The lowest BCUT2D eigenvalue weighted by Gasteiger charge is -2.07. The number of pyridine rings is 1. The minimum Gasteiger partial charge on any atom is -0.345 e. The molecule has 4 rings (SSSR count). The van der Waals surface area contributed by atoms with Gasteiger partial charge in [0.15, 0.2) is 17.3 Å². The van der Waals surface area contributed by atoms with Crippen molar-refractivity contribution in [2.24, 2.45) is 0 Å². The number of carbonyl (C=O) groups excluding carboxylic acids is 1. The number of rotatable bonds is 4.